The van der Waals surface area contributed by atoms with Gasteiger partial charge in [0.05, 0.1) is 17.9 Å². The van der Waals surface area contributed by atoms with Gasteiger partial charge in [0.1, 0.15) is 5.82 Å². The number of rotatable bonds is 3. The second-order valence-electron chi connectivity index (χ2n) is 2.81. The van der Waals surface area contributed by atoms with Crippen molar-refractivity contribution in [1.29, 1.82) is 0 Å². The number of carbonyl (C=O) groups excluding carboxylic acids is 1. The van der Waals surface area contributed by atoms with Crippen LogP contribution in [0.2, 0.25) is 0 Å². The summed E-state index contributed by atoms with van der Waals surface area (Å²) in [6.45, 7) is 0.163. The molecule has 0 spiro atoms. The Morgan fingerprint density at radius 3 is 2.80 bits per heavy atom. The SMILES string of the molecule is CNCC(=O)Nc1cc(F)ccc1N.Cl. The fourth-order valence-corrected chi connectivity index (χ4v) is 0.992. The molecule has 0 aliphatic carbocycles. The normalized spacial score (nSPS) is 9.20. The van der Waals surface area contributed by atoms with Crippen LogP contribution in [0.25, 0.3) is 0 Å². The maximum absolute atomic E-state index is 12.8. The molecule has 0 unspecified atom stereocenters. The molecule has 0 radical (unpaired) electrons. The molecule has 84 valence electrons. The molecule has 0 aromatic heterocycles. The number of nitrogens with two attached hydrogens (primary N) is 1. The van der Waals surface area contributed by atoms with Gasteiger partial charge in [-0.25, -0.2) is 4.39 Å². The lowest BCUT2D eigenvalue weighted by Crippen LogP contribution is -2.25. The average molecular weight is 234 g/mol. The molecule has 1 aromatic rings. The lowest BCUT2D eigenvalue weighted by Gasteiger charge is -2.07. The zero-order valence-electron chi connectivity index (χ0n) is 8.21. The molecule has 0 saturated heterocycles. The number of nitrogens with one attached hydrogen (secondary N) is 2. The van der Waals surface area contributed by atoms with Crippen molar-refractivity contribution in [2.24, 2.45) is 0 Å². The molecule has 1 aromatic carbocycles. The van der Waals surface area contributed by atoms with E-state index in [-0.39, 0.29) is 24.9 Å². The van der Waals surface area contributed by atoms with Crippen molar-refractivity contribution in [2.75, 3.05) is 24.6 Å². The van der Waals surface area contributed by atoms with Gasteiger partial charge in [0.25, 0.3) is 0 Å². The van der Waals surface area contributed by atoms with Crippen LogP contribution in [-0.2, 0) is 4.79 Å². The number of anilines is 2. The summed E-state index contributed by atoms with van der Waals surface area (Å²) >= 11 is 0. The number of halogens is 2. The minimum atomic E-state index is -0.432. The first-order valence-corrected chi connectivity index (χ1v) is 4.13. The Morgan fingerprint density at radius 2 is 2.20 bits per heavy atom. The maximum atomic E-state index is 12.8. The van der Waals surface area contributed by atoms with E-state index in [4.69, 9.17) is 5.73 Å². The van der Waals surface area contributed by atoms with E-state index < -0.39 is 5.82 Å². The lowest BCUT2D eigenvalue weighted by atomic mass is 10.2. The van der Waals surface area contributed by atoms with Crippen LogP contribution in [0.1, 0.15) is 0 Å². The molecule has 0 aliphatic rings. The fraction of sp³-hybridized carbons (Fsp3) is 0.222. The van der Waals surface area contributed by atoms with E-state index in [0.29, 0.717) is 11.4 Å². The van der Waals surface area contributed by atoms with Gasteiger partial charge in [0.2, 0.25) is 5.91 Å². The van der Waals surface area contributed by atoms with Gasteiger partial charge in [-0.05, 0) is 25.2 Å². The van der Waals surface area contributed by atoms with Gasteiger partial charge in [0.15, 0.2) is 0 Å². The lowest BCUT2D eigenvalue weighted by molar-refractivity contribution is -0.115. The van der Waals surface area contributed by atoms with Gasteiger partial charge in [0, 0.05) is 0 Å². The summed E-state index contributed by atoms with van der Waals surface area (Å²) in [5.41, 5.74) is 6.17. The number of likely N-dealkylation sites (N-methyl/N-ethyl adjacent to an activating group) is 1. The van der Waals surface area contributed by atoms with Crippen molar-refractivity contribution in [1.82, 2.24) is 5.32 Å². The van der Waals surface area contributed by atoms with E-state index in [1.807, 2.05) is 0 Å². The molecule has 1 rings (SSSR count). The van der Waals surface area contributed by atoms with Crippen LogP contribution in [-0.4, -0.2) is 19.5 Å². The van der Waals surface area contributed by atoms with E-state index >= 15 is 0 Å². The van der Waals surface area contributed by atoms with Crippen LogP contribution in [0.15, 0.2) is 18.2 Å². The second-order valence-corrected chi connectivity index (χ2v) is 2.81. The topological polar surface area (TPSA) is 67.2 Å². The Bertz CT molecular complexity index is 346. The minimum absolute atomic E-state index is 0. The molecule has 15 heavy (non-hydrogen) atoms. The Kier molecular flexibility index (Phi) is 5.66. The average Bonchev–Trinajstić information content (AvgIpc) is 2.12. The summed E-state index contributed by atoms with van der Waals surface area (Å²) in [5, 5.41) is 5.16. The Balaban J connectivity index is 0.00000196. The van der Waals surface area contributed by atoms with Crippen LogP contribution in [0.5, 0.6) is 0 Å². The molecule has 4 nitrogen and oxygen atoms in total. The highest BCUT2D eigenvalue weighted by Gasteiger charge is 2.04. The summed E-state index contributed by atoms with van der Waals surface area (Å²) in [7, 11) is 1.65. The number of hydrogen-bond donors (Lipinski definition) is 3. The van der Waals surface area contributed by atoms with Crippen molar-refractivity contribution >= 4 is 29.7 Å². The largest absolute Gasteiger partial charge is 0.397 e. The predicted molar refractivity (Wildman–Crippen MR) is 60.6 cm³/mol. The van der Waals surface area contributed by atoms with Crippen LogP contribution < -0.4 is 16.4 Å². The standard InChI is InChI=1S/C9H12FN3O.ClH/c1-12-5-9(14)13-8-4-6(10)2-3-7(8)11;/h2-4,12H,5,11H2,1H3,(H,13,14);1H. The smallest absolute Gasteiger partial charge is 0.238 e. The van der Waals surface area contributed by atoms with Crippen LogP contribution in [0, 0.1) is 5.82 Å². The molecule has 1 amide bonds. The first-order valence-electron chi connectivity index (χ1n) is 4.13. The quantitative estimate of drug-likeness (QED) is 0.682. The number of hydrogen-bond acceptors (Lipinski definition) is 3. The maximum Gasteiger partial charge on any atom is 0.238 e. The zero-order chi connectivity index (χ0) is 10.6. The number of benzene rings is 1. The molecule has 4 N–H and O–H groups in total. The van der Waals surface area contributed by atoms with Crippen molar-refractivity contribution in [3.63, 3.8) is 0 Å². The number of amides is 1. The molecule has 0 fully saturated rings. The molecule has 6 heteroatoms. The van der Waals surface area contributed by atoms with Gasteiger partial charge < -0.3 is 16.4 Å². The van der Waals surface area contributed by atoms with Crippen molar-refractivity contribution in [3.8, 4) is 0 Å². The van der Waals surface area contributed by atoms with Gasteiger partial charge >= 0.3 is 0 Å². The predicted octanol–water partition coefficient (Wildman–Crippen LogP) is 0.988. The van der Waals surface area contributed by atoms with E-state index in [1.165, 1.54) is 18.2 Å². The zero-order valence-corrected chi connectivity index (χ0v) is 9.03. The Morgan fingerprint density at radius 1 is 1.53 bits per heavy atom. The van der Waals surface area contributed by atoms with E-state index in [2.05, 4.69) is 10.6 Å². The monoisotopic (exact) mass is 233 g/mol. The summed E-state index contributed by atoms with van der Waals surface area (Å²) in [6, 6.07) is 3.83. The third-order valence-corrected chi connectivity index (χ3v) is 1.63. The molecular weight excluding hydrogens is 221 g/mol. The molecule has 0 saturated carbocycles. The number of nitrogen functional groups attached to an aromatic ring is 1. The number of carbonyl (C=O) groups is 1. The van der Waals surface area contributed by atoms with Crippen LogP contribution in [0.4, 0.5) is 15.8 Å². The highest BCUT2D eigenvalue weighted by atomic mass is 35.5. The third kappa shape index (κ3) is 4.14. The second kappa shape index (κ2) is 6.21. The first kappa shape index (κ1) is 13.7. The third-order valence-electron chi connectivity index (χ3n) is 1.63. The van der Waals surface area contributed by atoms with Gasteiger partial charge in [-0.15, -0.1) is 12.4 Å². The molecule has 0 aliphatic heterocycles. The van der Waals surface area contributed by atoms with Gasteiger partial charge in [-0.2, -0.15) is 0 Å². The van der Waals surface area contributed by atoms with Crippen molar-refractivity contribution < 1.29 is 9.18 Å². The summed E-state index contributed by atoms with van der Waals surface area (Å²) < 4.78 is 12.8. The van der Waals surface area contributed by atoms with Crippen molar-refractivity contribution in [2.45, 2.75) is 0 Å². The van der Waals surface area contributed by atoms with Crippen LogP contribution >= 0.6 is 12.4 Å². The van der Waals surface area contributed by atoms with E-state index in [9.17, 15) is 9.18 Å². The summed E-state index contributed by atoms with van der Waals surface area (Å²) in [6.07, 6.45) is 0. The first-order chi connectivity index (χ1) is 6.63. The van der Waals surface area contributed by atoms with Gasteiger partial charge in [-0.3, -0.25) is 4.79 Å². The Hall–Kier alpha value is -1.33. The Labute approximate surface area is 93.4 Å². The summed E-state index contributed by atoms with van der Waals surface area (Å²) in [4.78, 5) is 11.1. The highest BCUT2D eigenvalue weighted by molar-refractivity contribution is 5.95. The van der Waals surface area contributed by atoms with E-state index in [0.717, 1.165) is 0 Å². The van der Waals surface area contributed by atoms with Crippen molar-refractivity contribution in [3.05, 3.63) is 24.0 Å². The molecule has 0 atom stereocenters. The molecular formula is C9H13ClFN3O. The van der Waals surface area contributed by atoms with Crippen LogP contribution in [0.3, 0.4) is 0 Å². The van der Waals surface area contributed by atoms with E-state index in [1.54, 1.807) is 7.05 Å². The van der Waals surface area contributed by atoms with Gasteiger partial charge in [-0.1, -0.05) is 0 Å². The molecule has 0 bridgehead atoms. The summed E-state index contributed by atoms with van der Waals surface area (Å²) in [5.74, 6) is -0.691. The fourth-order valence-electron chi connectivity index (χ4n) is 0.992. The molecule has 0 heterocycles. The highest BCUT2D eigenvalue weighted by Crippen LogP contribution is 2.18. The minimum Gasteiger partial charge on any atom is -0.397 e.